The molecule has 2 atom stereocenters. The zero-order valence-corrected chi connectivity index (χ0v) is 12.5. The second-order valence-corrected chi connectivity index (χ2v) is 5.71. The van der Waals surface area contributed by atoms with Crippen LogP contribution in [0.3, 0.4) is 0 Å². The summed E-state index contributed by atoms with van der Waals surface area (Å²) in [4.78, 5) is 11.9. The highest BCUT2D eigenvalue weighted by molar-refractivity contribution is 5.81. The van der Waals surface area contributed by atoms with Gasteiger partial charge in [-0.2, -0.15) is 18.4 Å². The average Bonchev–Trinajstić information content (AvgIpc) is 2.53. The SMILES string of the molecule is N#Cc1ccc(NCC(=O)N[C@H]2CCC[C@H](C(F)(F)F)C2)cc1. The van der Waals surface area contributed by atoms with Crippen molar-refractivity contribution in [1.29, 1.82) is 5.26 Å². The Kier molecular flexibility index (Phi) is 5.48. The standard InChI is InChI=1S/C16H18F3N3O/c17-16(18,19)12-2-1-3-14(8-12)22-15(23)10-21-13-6-4-11(9-20)5-7-13/h4-7,12,14,21H,1-3,8,10H2,(H,22,23)/t12-,14-/m0/s1. The molecule has 0 unspecified atom stereocenters. The summed E-state index contributed by atoms with van der Waals surface area (Å²) in [5.41, 5.74) is 1.19. The number of alkyl halides is 3. The van der Waals surface area contributed by atoms with Crippen molar-refractivity contribution in [2.75, 3.05) is 11.9 Å². The summed E-state index contributed by atoms with van der Waals surface area (Å²) in [7, 11) is 0. The number of hydrogen-bond acceptors (Lipinski definition) is 3. The number of hydrogen-bond donors (Lipinski definition) is 2. The molecule has 1 aliphatic rings. The Labute approximate surface area is 132 Å². The van der Waals surface area contributed by atoms with Crippen molar-refractivity contribution in [2.24, 2.45) is 5.92 Å². The summed E-state index contributed by atoms with van der Waals surface area (Å²) in [6.07, 6.45) is -3.05. The van der Waals surface area contributed by atoms with E-state index in [9.17, 15) is 18.0 Å². The summed E-state index contributed by atoms with van der Waals surface area (Å²) in [5.74, 6) is -1.66. The Balaban J connectivity index is 1.79. The Morgan fingerprint density at radius 3 is 2.57 bits per heavy atom. The molecule has 23 heavy (non-hydrogen) atoms. The molecule has 0 heterocycles. The van der Waals surface area contributed by atoms with Crippen LogP contribution in [0.1, 0.15) is 31.2 Å². The first kappa shape index (κ1) is 17.1. The van der Waals surface area contributed by atoms with E-state index in [0.717, 1.165) is 0 Å². The van der Waals surface area contributed by atoms with Gasteiger partial charge in [0.1, 0.15) is 0 Å². The van der Waals surface area contributed by atoms with Crippen molar-refractivity contribution >= 4 is 11.6 Å². The molecule has 1 aliphatic carbocycles. The number of amides is 1. The van der Waals surface area contributed by atoms with Gasteiger partial charge in [0.15, 0.2) is 0 Å². The van der Waals surface area contributed by atoms with Gasteiger partial charge >= 0.3 is 6.18 Å². The molecular formula is C16H18F3N3O. The predicted octanol–water partition coefficient (Wildman–Crippen LogP) is 3.21. The van der Waals surface area contributed by atoms with E-state index in [1.807, 2.05) is 6.07 Å². The average molecular weight is 325 g/mol. The maximum Gasteiger partial charge on any atom is 0.391 e. The fourth-order valence-corrected chi connectivity index (χ4v) is 2.74. The molecule has 1 aromatic carbocycles. The normalized spacial score (nSPS) is 21.3. The van der Waals surface area contributed by atoms with Crippen LogP contribution in [-0.4, -0.2) is 24.7 Å². The molecule has 0 bridgehead atoms. The lowest BCUT2D eigenvalue weighted by atomic mass is 9.85. The Bertz CT molecular complexity index is 578. The summed E-state index contributed by atoms with van der Waals surface area (Å²) < 4.78 is 38.2. The van der Waals surface area contributed by atoms with Crippen LogP contribution >= 0.6 is 0 Å². The van der Waals surface area contributed by atoms with Crippen LogP contribution in [0, 0.1) is 17.2 Å². The van der Waals surface area contributed by atoms with Crippen LogP contribution in [0.4, 0.5) is 18.9 Å². The Morgan fingerprint density at radius 1 is 1.26 bits per heavy atom. The number of carbonyl (C=O) groups is 1. The molecule has 0 radical (unpaired) electrons. The van der Waals surface area contributed by atoms with Gasteiger partial charge in [0.05, 0.1) is 24.1 Å². The monoisotopic (exact) mass is 325 g/mol. The summed E-state index contributed by atoms with van der Waals surface area (Å²) in [6.45, 7) is -0.0148. The van der Waals surface area contributed by atoms with Gasteiger partial charge in [-0.25, -0.2) is 0 Å². The summed E-state index contributed by atoms with van der Waals surface area (Å²) in [5, 5.41) is 14.2. The molecular weight excluding hydrogens is 307 g/mol. The smallest absolute Gasteiger partial charge is 0.376 e. The van der Waals surface area contributed by atoms with Gasteiger partial charge in [0.2, 0.25) is 5.91 Å². The highest BCUT2D eigenvalue weighted by Crippen LogP contribution is 2.37. The van der Waals surface area contributed by atoms with Crippen molar-refractivity contribution in [3.8, 4) is 6.07 Å². The Morgan fingerprint density at radius 2 is 1.96 bits per heavy atom. The number of carbonyl (C=O) groups excluding carboxylic acids is 1. The number of rotatable bonds is 4. The molecule has 2 N–H and O–H groups in total. The van der Waals surface area contributed by atoms with E-state index < -0.39 is 18.1 Å². The van der Waals surface area contributed by atoms with Crippen LogP contribution in [0.5, 0.6) is 0 Å². The molecule has 1 fully saturated rings. The fourth-order valence-electron chi connectivity index (χ4n) is 2.74. The molecule has 124 valence electrons. The second kappa shape index (κ2) is 7.36. The van der Waals surface area contributed by atoms with Gasteiger partial charge in [-0.05, 0) is 43.5 Å². The minimum absolute atomic E-state index is 0.0148. The summed E-state index contributed by atoms with van der Waals surface area (Å²) in [6, 6.07) is 8.15. The molecule has 2 rings (SSSR count). The number of benzene rings is 1. The number of anilines is 1. The van der Waals surface area contributed by atoms with E-state index in [-0.39, 0.29) is 25.3 Å². The highest BCUT2D eigenvalue weighted by atomic mass is 19.4. The van der Waals surface area contributed by atoms with E-state index >= 15 is 0 Å². The lowest BCUT2D eigenvalue weighted by Crippen LogP contribution is -2.43. The van der Waals surface area contributed by atoms with Crippen LogP contribution in [0.25, 0.3) is 0 Å². The van der Waals surface area contributed by atoms with E-state index in [0.29, 0.717) is 24.1 Å². The minimum Gasteiger partial charge on any atom is -0.376 e. The van der Waals surface area contributed by atoms with Crippen LogP contribution in [0.2, 0.25) is 0 Å². The topological polar surface area (TPSA) is 64.9 Å². The molecule has 1 amide bonds. The third-order valence-corrected chi connectivity index (χ3v) is 3.97. The van der Waals surface area contributed by atoms with Crippen LogP contribution in [0.15, 0.2) is 24.3 Å². The Hall–Kier alpha value is -2.23. The quantitative estimate of drug-likeness (QED) is 0.893. The second-order valence-electron chi connectivity index (χ2n) is 5.71. The molecule has 1 aromatic rings. The molecule has 1 saturated carbocycles. The fraction of sp³-hybridized carbons (Fsp3) is 0.500. The lowest BCUT2D eigenvalue weighted by molar-refractivity contribution is -0.184. The largest absolute Gasteiger partial charge is 0.391 e. The first-order chi connectivity index (χ1) is 10.9. The number of nitriles is 1. The van der Waals surface area contributed by atoms with Gasteiger partial charge in [0.25, 0.3) is 0 Å². The zero-order chi connectivity index (χ0) is 16.9. The van der Waals surface area contributed by atoms with Crippen molar-refractivity contribution in [3.05, 3.63) is 29.8 Å². The van der Waals surface area contributed by atoms with E-state index in [4.69, 9.17) is 5.26 Å². The van der Waals surface area contributed by atoms with Crippen molar-refractivity contribution in [2.45, 2.75) is 37.9 Å². The molecule has 0 aliphatic heterocycles. The highest BCUT2D eigenvalue weighted by Gasteiger charge is 2.42. The van der Waals surface area contributed by atoms with E-state index in [1.165, 1.54) is 0 Å². The van der Waals surface area contributed by atoms with Crippen molar-refractivity contribution < 1.29 is 18.0 Å². The van der Waals surface area contributed by atoms with Crippen LogP contribution < -0.4 is 10.6 Å². The zero-order valence-electron chi connectivity index (χ0n) is 12.5. The van der Waals surface area contributed by atoms with Crippen molar-refractivity contribution in [1.82, 2.24) is 5.32 Å². The van der Waals surface area contributed by atoms with Crippen LogP contribution in [-0.2, 0) is 4.79 Å². The molecule has 7 heteroatoms. The first-order valence-corrected chi connectivity index (χ1v) is 7.48. The minimum atomic E-state index is -4.19. The first-order valence-electron chi connectivity index (χ1n) is 7.48. The number of nitrogens with one attached hydrogen (secondary N) is 2. The molecule has 0 spiro atoms. The van der Waals surface area contributed by atoms with Gasteiger partial charge < -0.3 is 10.6 Å². The van der Waals surface area contributed by atoms with E-state index in [1.54, 1.807) is 24.3 Å². The van der Waals surface area contributed by atoms with Gasteiger partial charge in [-0.1, -0.05) is 6.42 Å². The predicted molar refractivity (Wildman–Crippen MR) is 79.6 cm³/mol. The van der Waals surface area contributed by atoms with Gasteiger partial charge in [-0.15, -0.1) is 0 Å². The molecule has 0 aromatic heterocycles. The number of nitrogens with zero attached hydrogens (tertiary/aromatic N) is 1. The lowest BCUT2D eigenvalue weighted by Gasteiger charge is -2.31. The van der Waals surface area contributed by atoms with E-state index in [2.05, 4.69) is 10.6 Å². The third-order valence-electron chi connectivity index (χ3n) is 3.97. The third kappa shape index (κ3) is 5.16. The van der Waals surface area contributed by atoms with Gasteiger partial charge in [-0.3, -0.25) is 4.79 Å². The number of halogens is 3. The maximum absolute atomic E-state index is 12.7. The molecule has 0 saturated heterocycles. The van der Waals surface area contributed by atoms with Gasteiger partial charge in [0, 0.05) is 11.7 Å². The van der Waals surface area contributed by atoms with Crippen molar-refractivity contribution in [3.63, 3.8) is 0 Å². The molecule has 4 nitrogen and oxygen atoms in total. The maximum atomic E-state index is 12.7. The summed E-state index contributed by atoms with van der Waals surface area (Å²) >= 11 is 0.